The lowest BCUT2D eigenvalue weighted by molar-refractivity contribution is -0.245. The van der Waals surface area contributed by atoms with Gasteiger partial charge in [-0.05, 0) is 32.3 Å². The van der Waals surface area contributed by atoms with Crippen molar-refractivity contribution in [2.75, 3.05) is 17.7 Å². The van der Waals surface area contributed by atoms with E-state index in [2.05, 4.69) is 10.6 Å². The van der Waals surface area contributed by atoms with E-state index in [0.717, 1.165) is 6.92 Å². The number of nitrogens with one attached hydrogen (secondary N) is 2. The van der Waals surface area contributed by atoms with Gasteiger partial charge in [-0.15, -0.1) is 0 Å². The Morgan fingerprint density at radius 2 is 1.68 bits per heavy atom. The number of ether oxygens (including phenoxy) is 3. The van der Waals surface area contributed by atoms with Gasteiger partial charge < -0.3 is 50.4 Å². The Bertz CT molecular complexity index is 2120. The summed E-state index contributed by atoms with van der Waals surface area (Å²) in [6.07, 6.45) is -6.06. The number of benzene rings is 2. The van der Waals surface area contributed by atoms with Gasteiger partial charge in [-0.1, -0.05) is 26.0 Å². The molecule has 53 heavy (non-hydrogen) atoms. The van der Waals surface area contributed by atoms with Crippen LogP contribution in [-0.2, 0) is 25.5 Å². The quantitative estimate of drug-likeness (QED) is 0.0854. The molecule has 0 radical (unpaired) electrons. The van der Waals surface area contributed by atoms with E-state index in [-0.39, 0.29) is 58.1 Å². The molecule has 6 rings (SSSR count). The molecule has 0 unspecified atom stereocenters. The van der Waals surface area contributed by atoms with Crippen LogP contribution in [0.5, 0.6) is 17.2 Å². The number of hydrogen-bond donors (Lipinski definition) is 7. The number of phenolic OH excluding ortho intramolecular Hbond substituents is 2. The van der Waals surface area contributed by atoms with Crippen molar-refractivity contribution in [3.8, 4) is 17.2 Å². The van der Waals surface area contributed by atoms with Crippen LogP contribution in [0.25, 0.3) is 0 Å². The number of carbonyl (C=O) groups is 4. The van der Waals surface area contributed by atoms with E-state index in [1.165, 1.54) is 32.2 Å². The Balaban J connectivity index is 1.35. The first kappa shape index (κ1) is 37.6. The third-order valence-electron chi connectivity index (χ3n) is 10.3. The average Bonchev–Trinajstić information content (AvgIpc) is 3.10. The summed E-state index contributed by atoms with van der Waals surface area (Å²) in [5.74, 6) is -5.00. The summed E-state index contributed by atoms with van der Waals surface area (Å²) < 4.78 is 17.5. The van der Waals surface area contributed by atoms with Crippen molar-refractivity contribution in [1.29, 1.82) is 0 Å². The SMILES string of the molecule is COc1cccc2c1C(=O)c1c(O)c3c(c(O)c1C2=O)C[C@@](O)(C(C)=O)C[C@@H]3O[C@H]1C[C@H](Nc2c(N[C@@H](CC(C)C)C(=O)O)c(=O)c2=O)[C@H](O)[C@H](C)O1. The second-order valence-electron chi connectivity index (χ2n) is 14.3. The summed E-state index contributed by atoms with van der Waals surface area (Å²) >= 11 is 0. The summed E-state index contributed by atoms with van der Waals surface area (Å²) in [6.45, 7) is 6.21. The molecule has 0 bridgehead atoms. The minimum atomic E-state index is -2.16. The number of carboxylic acids is 1. The van der Waals surface area contributed by atoms with Crippen LogP contribution >= 0.6 is 0 Å². The van der Waals surface area contributed by atoms with Gasteiger partial charge in [0.25, 0.3) is 10.9 Å². The first-order valence-corrected chi connectivity index (χ1v) is 17.1. The van der Waals surface area contributed by atoms with Gasteiger partial charge in [-0.2, -0.15) is 0 Å². The molecule has 0 amide bonds. The predicted octanol–water partition coefficient (Wildman–Crippen LogP) is 1.69. The number of hydrogen-bond acceptors (Lipinski definition) is 15. The Morgan fingerprint density at radius 1 is 1.02 bits per heavy atom. The van der Waals surface area contributed by atoms with Crippen molar-refractivity contribution in [3.05, 3.63) is 72.0 Å². The lowest BCUT2D eigenvalue weighted by Gasteiger charge is -2.43. The first-order valence-electron chi connectivity index (χ1n) is 17.1. The molecule has 0 saturated carbocycles. The number of rotatable bonds is 11. The monoisotopic (exact) mass is 736 g/mol. The highest BCUT2D eigenvalue weighted by Gasteiger charge is 2.50. The number of aromatic hydroxyl groups is 2. The maximum Gasteiger partial charge on any atom is 0.326 e. The number of ketones is 3. The van der Waals surface area contributed by atoms with Gasteiger partial charge in [-0.3, -0.25) is 24.0 Å². The molecule has 16 nitrogen and oxygen atoms in total. The fourth-order valence-electron chi connectivity index (χ4n) is 7.49. The summed E-state index contributed by atoms with van der Waals surface area (Å²) in [6, 6.07) is 2.11. The van der Waals surface area contributed by atoms with Gasteiger partial charge in [0.2, 0.25) is 5.78 Å². The van der Waals surface area contributed by atoms with E-state index in [4.69, 9.17) is 14.2 Å². The molecular weight excluding hydrogens is 696 g/mol. The minimum absolute atomic E-state index is 0.0575. The molecule has 3 aliphatic rings. The van der Waals surface area contributed by atoms with Crippen LogP contribution in [0.4, 0.5) is 11.4 Å². The van der Waals surface area contributed by atoms with Crippen molar-refractivity contribution in [1.82, 2.24) is 0 Å². The fourth-order valence-corrected chi connectivity index (χ4v) is 7.49. The molecule has 0 aromatic heterocycles. The lowest BCUT2D eigenvalue weighted by atomic mass is 9.72. The van der Waals surface area contributed by atoms with Crippen LogP contribution in [0.15, 0.2) is 27.8 Å². The number of methoxy groups -OCH3 is 1. The van der Waals surface area contributed by atoms with Crippen LogP contribution in [0.3, 0.4) is 0 Å². The second-order valence-corrected chi connectivity index (χ2v) is 14.3. The van der Waals surface area contributed by atoms with Gasteiger partial charge in [0.15, 0.2) is 17.9 Å². The van der Waals surface area contributed by atoms with E-state index in [1.54, 1.807) is 13.8 Å². The molecule has 1 fully saturated rings. The number of carbonyl (C=O) groups excluding carboxylic acids is 3. The molecular formula is C37H40N2O14. The number of carboxylic acid groups (broad SMARTS) is 1. The van der Waals surface area contributed by atoms with Gasteiger partial charge >= 0.3 is 5.97 Å². The predicted molar refractivity (Wildman–Crippen MR) is 186 cm³/mol. The summed E-state index contributed by atoms with van der Waals surface area (Å²) in [5, 5.41) is 61.0. The molecule has 1 aliphatic heterocycles. The molecule has 16 heteroatoms. The molecule has 1 heterocycles. The number of aliphatic hydroxyl groups excluding tert-OH is 1. The van der Waals surface area contributed by atoms with E-state index in [9.17, 15) is 54.3 Å². The van der Waals surface area contributed by atoms with Crippen molar-refractivity contribution in [2.24, 2.45) is 5.92 Å². The highest BCUT2D eigenvalue weighted by Crippen LogP contribution is 2.52. The number of aliphatic carboxylic acids is 1. The fraction of sp³-hybridized carbons (Fsp3) is 0.459. The van der Waals surface area contributed by atoms with Gasteiger partial charge in [-0.25, -0.2) is 4.79 Å². The van der Waals surface area contributed by atoms with Crippen LogP contribution in [-0.4, -0.2) is 92.1 Å². The number of anilines is 2. The Hall–Kier alpha value is -5.16. The molecule has 3 aromatic carbocycles. The van der Waals surface area contributed by atoms with Crippen LogP contribution < -0.4 is 26.2 Å². The zero-order chi connectivity index (χ0) is 38.8. The smallest absolute Gasteiger partial charge is 0.326 e. The van der Waals surface area contributed by atoms with Crippen LogP contribution in [0.2, 0.25) is 0 Å². The lowest BCUT2D eigenvalue weighted by Crippen LogP contribution is -2.53. The zero-order valence-electron chi connectivity index (χ0n) is 29.5. The van der Waals surface area contributed by atoms with Crippen molar-refractivity contribution >= 4 is 34.7 Å². The van der Waals surface area contributed by atoms with Crippen molar-refractivity contribution in [3.63, 3.8) is 0 Å². The zero-order valence-corrected chi connectivity index (χ0v) is 29.5. The third kappa shape index (κ3) is 6.24. The topological polar surface area (TPSA) is 255 Å². The van der Waals surface area contributed by atoms with Crippen LogP contribution in [0, 0.1) is 5.92 Å². The van der Waals surface area contributed by atoms with Gasteiger partial charge in [0.1, 0.15) is 46.4 Å². The highest BCUT2D eigenvalue weighted by atomic mass is 16.7. The Kier molecular flexibility index (Phi) is 9.70. The molecule has 7 atom stereocenters. The maximum absolute atomic E-state index is 13.9. The number of phenols is 2. The number of Topliss-reactive ketones (excluding diaryl/α,β-unsaturated/α-hetero) is 1. The molecule has 0 spiro atoms. The van der Waals surface area contributed by atoms with E-state index in [1.807, 2.05) is 0 Å². The summed E-state index contributed by atoms with van der Waals surface area (Å²) in [4.78, 5) is 77.5. The van der Waals surface area contributed by atoms with E-state index < -0.39 is 112 Å². The largest absolute Gasteiger partial charge is 0.507 e. The van der Waals surface area contributed by atoms with Crippen molar-refractivity contribution in [2.45, 2.75) is 95.7 Å². The molecule has 7 N–H and O–H groups in total. The van der Waals surface area contributed by atoms with E-state index in [0.29, 0.717) is 0 Å². The van der Waals surface area contributed by atoms with Gasteiger partial charge in [0.05, 0.1) is 42.0 Å². The average molecular weight is 737 g/mol. The summed E-state index contributed by atoms with van der Waals surface area (Å²) in [7, 11) is 1.30. The van der Waals surface area contributed by atoms with Crippen molar-refractivity contribution < 1.29 is 58.9 Å². The number of aliphatic hydroxyl groups is 2. The standard InChI is InChI=1S/C37H40N2O14/c1-13(2)9-19(36(48)49)39-28-27(34(46)35(28)47)38-18-10-22(52-14(3)29(18)41)53-21-12-37(50,15(4)40)11-17-24(21)33(45)26-25(31(17)43)30(42)16-7-6-8-20(51-5)23(16)32(26)44/h6-8,13-14,18-19,21-22,29,38-39,41,43,45,50H,9-12H2,1-5H3,(H,48,49)/t14-,18-,19-,21-,22-,29+,37-/m0/s1. The maximum atomic E-state index is 13.9. The Morgan fingerprint density at radius 3 is 2.30 bits per heavy atom. The van der Waals surface area contributed by atoms with E-state index >= 15 is 0 Å². The Labute approximate surface area is 302 Å². The highest BCUT2D eigenvalue weighted by molar-refractivity contribution is 6.31. The molecule has 282 valence electrons. The normalized spacial score (nSPS) is 25.7. The minimum Gasteiger partial charge on any atom is -0.507 e. The summed E-state index contributed by atoms with van der Waals surface area (Å²) in [5.41, 5.74) is -6.11. The van der Waals surface area contributed by atoms with Crippen LogP contribution in [0.1, 0.15) is 96.0 Å². The number of fused-ring (bicyclic) bond motifs is 3. The molecule has 1 saturated heterocycles. The molecule has 3 aromatic rings. The second kappa shape index (κ2) is 13.7. The first-order chi connectivity index (χ1) is 24.9. The van der Waals surface area contributed by atoms with Gasteiger partial charge in [0, 0.05) is 36.0 Å². The molecule has 2 aliphatic carbocycles. The third-order valence-corrected chi connectivity index (χ3v) is 10.3.